The number of carbonyl (C=O) groups excluding carboxylic acids is 2. The minimum Gasteiger partial charge on any atom is -0.376 e. The lowest BCUT2D eigenvalue weighted by atomic mass is 9.92. The Morgan fingerprint density at radius 1 is 1.46 bits per heavy atom. The molecule has 1 unspecified atom stereocenters. The number of Topliss-reactive ketones (excluding diaryl/α,β-unsaturated/α-hetero) is 2. The number of ketones is 2. The predicted molar refractivity (Wildman–Crippen MR) is 47.1 cm³/mol. The molecule has 4 heteroatoms. The molecule has 0 amide bonds. The number of hydrogen-bond acceptors (Lipinski definition) is 4. The van der Waals surface area contributed by atoms with Crippen LogP contribution in [-0.2, 0) is 9.59 Å². The van der Waals surface area contributed by atoms with Gasteiger partial charge in [0.1, 0.15) is 5.72 Å². The minimum absolute atomic E-state index is 0.326. The van der Waals surface area contributed by atoms with Gasteiger partial charge in [0.2, 0.25) is 5.78 Å². The van der Waals surface area contributed by atoms with Crippen molar-refractivity contribution < 1.29 is 14.7 Å². The lowest BCUT2D eigenvalue weighted by molar-refractivity contribution is -0.140. The zero-order chi connectivity index (χ0) is 10.1. The molecule has 0 bridgehead atoms. The molecule has 1 aliphatic rings. The van der Waals surface area contributed by atoms with Crippen molar-refractivity contribution in [2.45, 2.75) is 44.9 Å². The van der Waals surface area contributed by atoms with E-state index in [9.17, 15) is 14.7 Å². The second-order valence-corrected chi connectivity index (χ2v) is 3.94. The monoisotopic (exact) mass is 185 g/mol. The zero-order valence-corrected chi connectivity index (χ0v) is 7.96. The van der Waals surface area contributed by atoms with Crippen LogP contribution in [0.4, 0.5) is 0 Å². The molecule has 1 atom stereocenters. The van der Waals surface area contributed by atoms with Crippen molar-refractivity contribution >= 4 is 11.6 Å². The van der Waals surface area contributed by atoms with Crippen molar-refractivity contribution in [1.82, 2.24) is 5.32 Å². The van der Waals surface area contributed by atoms with Gasteiger partial charge in [-0.2, -0.15) is 0 Å². The van der Waals surface area contributed by atoms with Gasteiger partial charge in [-0.05, 0) is 26.7 Å². The number of carbonyl (C=O) groups is 2. The molecular weight excluding hydrogens is 170 g/mol. The van der Waals surface area contributed by atoms with Gasteiger partial charge in [-0.3, -0.25) is 14.9 Å². The average Bonchev–Trinajstić information content (AvgIpc) is 1.96. The first-order valence-electron chi connectivity index (χ1n) is 4.47. The van der Waals surface area contributed by atoms with E-state index in [-0.39, 0.29) is 5.78 Å². The van der Waals surface area contributed by atoms with Crippen LogP contribution in [0.25, 0.3) is 0 Å². The van der Waals surface area contributed by atoms with Crippen LogP contribution in [-0.4, -0.2) is 28.4 Å². The van der Waals surface area contributed by atoms with E-state index in [1.54, 1.807) is 13.8 Å². The van der Waals surface area contributed by atoms with E-state index in [1.165, 1.54) is 0 Å². The molecule has 1 saturated carbocycles. The normalized spacial score (nSPS) is 25.0. The van der Waals surface area contributed by atoms with Gasteiger partial charge in [0.25, 0.3) is 0 Å². The molecule has 1 fully saturated rings. The molecule has 0 heterocycles. The topological polar surface area (TPSA) is 66.4 Å². The molecular formula is C9H15NO3. The SMILES string of the molecule is CC(C)(O)NC1CCCC(=O)C1=O. The van der Waals surface area contributed by atoms with Crippen LogP contribution in [0, 0.1) is 0 Å². The summed E-state index contributed by atoms with van der Waals surface area (Å²) < 4.78 is 0. The Labute approximate surface area is 77.3 Å². The van der Waals surface area contributed by atoms with E-state index in [0.29, 0.717) is 12.8 Å². The van der Waals surface area contributed by atoms with Gasteiger partial charge in [0.15, 0.2) is 5.78 Å². The van der Waals surface area contributed by atoms with Crippen molar-refractivity contribution in [2.24, 2.45) is 0 Å². The molecule has 0 aromatic heterocycles. The van der Waals surface area contributed by atoms with E-state index < -0.39 is 17.6 Å². The third kappa shape index (κ3) is 2.90. The Balaban J connectivity index is 2.59. The quantitative estimate of drug-likeness (QED) is 0.469. The lowest BCUT2D eigenvalue weighted by Crippen LogP contribution is -2.52. The van der Waals surface area contributed by atoms with Gasteiger partial charge in [-0.1, -0.05) is 0 Å². The third-order valence-corrected chi connectivity index (χ3v) is 2.02. The molecule has 1 rings (SSSR count). The number of aliphatic hydroxyl groups is 1. The third-order valence-electron chi connectivity index (χ3n) is 2.02. The van der Waals surface area contributed by atoms with Crippen molar-refractivity contribution in [2.75, 3.05) is 0 Å². The van der Waals surface area contributed by atoms with Gasteiger partial charge < -0.3 is 5.11 Å². The summed E-state index contributed by atoms with van der Waals surface area (Å²) in [5.41, 5.74) is -1.10. The van der Waals surface area contributed by atoms with Crippen LogP contribution >= 0.6 is 0 Å². The number of hydrogen-bond donors (Lipinski definition) is 2. The minimum atomic E-state index is -1.10. The van der Waals surface area contributed by atoms with Crippen molar-refractivity contribution in [1.29, 1.82) is 0 Å². The van der Waals surface area contributed by atoms with Crippen molar-refractivity contribution in [3.63, 3.8) is 0 Å². The zero-order valence-electron chi connectivity index (χ0n) is 7.96. The second-order valence-electron chi connectivity index (χ2n) is 3.94. The molecule has 2 N–H and O–H groups in total. The maximum absolute atomic E-state index is 11.3. The number of rotatable bonds is 2. The van der Waals surface area contributed by atoms with E-state index in [0.717, 1.165) is 6.42 Å². The summed E-state index contributed by atoms with van der Waals surface area (Å²) >= 11 is 0. The maximum Gasteiger partial charge on any atom is 0.215 e. The summed E-state index contributed by atoms with van der Waals surface area (Å²) in [5, 5.41) is 12.1. The Kier molecular flexibility index (Phi) is 2.83. The molecule has 0 aromatic rings. The molecule has 13 heavy (non-hydrogen) atoms. The summed E-state index contributed by atoms with van der Waals surface area (Å²) in [5.74, 6) is -0.721. The molecule has 0 saturated heterocycles. The largest absolute Gasteiger partial charge is 0.376 e. The van der Waals surface area contributed by atoms with Gasteiger partial charge in [-0.15, -0.1) is 0 Å². The van der Waals surface area contributed by atoms with Crippen LogP contribution in [0.2, 0.25) is 0 Å². The summed E-state index contributed by atoms with van der Waals surface area (Å²) in [6, 6.07) is -0.499. The lowest BCUT2D eigenvalue weighted by Gasteiger charge is -2.28. The Bertz CT molecular complexity index is 230. The summed E-state index contributed by atoms with van der Waals surface area (Å²) in [4.78, 5) is 22.3. The van der Waals surface area contributed by atoms with Crippen molar-refractivity contribution in [3.8, 4) is 0 Å². The fourth-order valence-electron chi connectivity index (χ4n) is 1.48. The van der Waals surface area contributed by atoms with E-state index in [1.807, 2.05) is 0 Å². The average molecular weight is 185 g/mol. The Morgan fingerprint density at radius 3 is 2.62 bits per heavy atom. The highest BCUT2D eigenvalue weighted by atomic mass is 16.3. The molecule has 4 nitrogen and oxygen atoms in total. The second kappa shape index (κ2) is 3.55. The molecule has 1 aliphatic carbocycles. The summed E-state index contributed by atoms with van der Waals surface area (Å²) in [6.45, 7) is 3.11. The molecule has 0 radical (unpaired) electrons. The highest BCUT2D eigenvalue weighted by Gasteiger charge is 2.32. The van der Waals surface area contributed by atoms with Crippen LogP contribution in [0.3, 0.4) is 0 Å². The smallest absolute Gasteiger partial charge is 0.215 e. The molecule has 0 aliphatic heterocycles. The first kappa shape index (κ1) is 10.3. The van der Waals surface area contributed by atoms with Gasteiger partial charge in [0, 0.05) is 6.42 Å². The van der Waals surface area contributed by atoms with Crippen LogP contribution < -0.4 is 5.32 Å². The fraction of sp³-hybridized carbons (Fsp3) is 0.778. The molecule has 0 aromatic carbocycles. The summed E-state index contributed by atoms with van der Waals surface area (Å²) in [6.07, 6.45) is 1.70. The molecule has 74 valence electrons. The van der Waals surface area contributed by atoms with E-state index in [4.69, 9.17) is 0 Å². The Hall–Kier alpha value is -0.740. The molecule has 0 spiro atoms. The van der Waals surface area contributed by atoms with Gasteiger partial charge in [0.05, 0.1) is 6.04 Å². The van der Waals surface area contributed by atoms with E-state index in [2.05, 4.69) is 5.32 Å². The first-order valence-corrected chi connectivity index (χ1v) is 4.47. The van der Waals surface area contributed by atoms with Crippen LogP contribution in [0.1, 0.15) is 33.1 Å². The fourth-order valence-corrected chi connectivity index (χ4v) is 1.48. The maximum atomic E-state index is 11.3. The van der Waals surface area contributed by atoms with E-state index >= 15 is 0 Å². The van der Waals surface area contributed by atoms with Gasteiger partial charge >= 0.3 is 0 Å². The highest BCUT2D eigenvalue weighted by Crippen LogP contribution is 2.13. The number of nitrogens with one attached hydrogen (secondary N) is 1. The standard InChI is InChI=1S/C9H15NO3/c1-9(2,13)10-6-4-3-5-7(11)8(6)12/h6,10,13H,3-5H2,1-2H3. The highest BCUT2D eigenvalue weighted by molar-refractivity contribution is 6.39. The first-order chi connectivity index (χ1) is 5.90. The summed E-state index contributed by atoms with van der Waals surface area (Å²) in [7, 11) is 0. The van der Waals surface area contributed by atoms with Crippen LogP contribution in [0.5, 0.6) is 0 Å². The Morgan fingerprint density at radius 2 is 2.08 bits per heavy atom. The van der Waals surface area contributed by atoms with Crippen LogP contribution in [0.15, 0.2) is 0 Å². The van der Waals surface area contributed by atoms with Crippen molar-refractivity contribution in [3.05, 3.63) is 0 Å². The van der Waals surface area contributed by atoms with Gasteiger partial charge in [-0.25, -0.2) is 0 Å². The predicted octanol–water partition coefficient (Wildman–Crippen LogP) is -0.00490.